The first-order chi connectivity index (χ1) is 10.8. The number of ether oxygens (including phenoxy) is 1. The monoisotopic (exact) mass is 315 g/mol. The summed E-state index contributed by atoms with van der Waals surface area (Å²) in [6, 6.07) is 13.1. The third kappa shape index (κ3) is 3.80. The first kappa shape index (κ1) is 14.9. The summed E-state index contributed by atoms with van der Waals surface area (Å²) in [5.41, 5.74) is 1.22. The predicted octanol–water partition coefficient (Wildman–Crippen LogP) is 3.25. The van der Waals surface area contributed by atoms with E-state index in [2.05, 4.69) is 39.9 Å². The first-order valence-corrected chi connectivity index (χ1v) is 8.30. The van der Waals surface area contributed by atoms with Gasteiger partial charge in [0.1, 0.15) is 5.75 Å². The van der Waals surface area contributed by atoms with Gasteiger partial charge in [-0.1, -0.05) is 0 Å². The lowest BCUT2D eigenvalue weighted by Crippen LogP contribution is -2.37. The second-order valence-electron chi connectivity index (χ2n) is 5.34. The number of nitrogens with one attached hydrogen (secondary N) is 2. The molecule has 3 rings (SSSR count). The highest BCUT2D eigenvalue weighted by Crippen LogP contribution is 2.29. The quantitative estimate of drug-likeness (QED) is 0.657. The third-order valence-corrected chi connectivity index (χ3v) is 4.74. The molecule has 5 heteroatoms. The van der Waals surface area contributed by atoms with Crippen LogP contribution in [-0.2, 0) is 6.54 Å². The molecular formula is C17H21N3OS. The van der Waals surface area contributed by atoms with Crippen LogP contribution in [0.2, 0.25) is 0 Å². The summed E-state index contributed by atoms with van der Waals surface area (Å²) < 4.78 is 5.20. The van der Waals surface area contributed by atoms with Crippen molar-refractivity contribution in [3.8, 4) is 16.2 Å². The van der Waals surface area contributed by atoms with Crippen LogP contribution in [-0.4, -0.2) is 26.2 Å². The fourth-order valence-electron chi connectivity index (χ4n) is 2.17. The van der Waals surface area contributed by atoms with Gasteiger partial charge in [0.2, 0.25) is 0 Å². The van der Waals surface area contributed by atoms with Crippen molar-refractivity contribution in [3.63, 3.8) is 0 Å². The molecule has 0 amide bonds. The maximum absolute atomic E-state index is 5.20. The van der Waals surface area contributed by atoms with Crippen molar-refractivity contribution in [2.75, 3.05) is 14.2 Å². The molecule has 0 radical (unpaired) electrons. The van der Waals surface area contributed by atoms with Gasteiger partial charge in [-0.2, -0.15) is 0 Å². The van der Waals surface area contributed by atoms with E-state index in [1.165, 1.54) is 28.2 Å². The second-order valence-corrected chi connectivity index (χ2v) is 6.51. The molecule has 1 aliphatic carbocycles. The number of rotatable bonds is 5. The van der Waals surface area contributed by atoms with Crippen LogP contribution in [0.1, 0.15) is 17.7 Å². The van der Waals surface area contributed by atoms with Gasteiger partial charge >= 0.3 is 0 Å². The molecule has 2 N–H and O–H groups in total. The predicted molar refractivity (Wildman–Crippen MR) is 92.7 cm³/mol. The maximum atomic E-state index is 5.20. The van der Waals surface area contributed by atoms with E-state index in [4.69, 9.17) is 4.74 Å². The van der Waals surface area contributed by atoms with Gasteiger partial charge in [0.15, 0.2) is 5.96 Å². The second kappa shape index (κ2) is 6.83. The molecule has 1 aromatic heterocycles. The van der Waals surface area contributed by atoms with Crippen LogP contribution in [0.3, 0.4) is 0 Å². The molecule has 1 aromatic carbocycles. The highest BCUT2D eigenvalue weighted by Gasteiger charge is 2.22. The van der Waals surface area contributed by atoms with Gasteiger partial charge in [-0.3, -0.25) is 4.99 Å². The van der Waals surface area contributed by atoms with Crippen molar-refractivity contribution in [1.82, 2.24) is 10.6 Å². The molecule has 0 atom stereocenters. The zero-order chi connectivity index (χ0) is 15.4. The number of hydrogen-bond donors (Lipinski definition) is 2. The number of hydrogen-bond acceptors (Lipinski definition) is 3. The Labute approximate surface area is 135 Å². The van der Waals surface area contributed by atoms with E-state index in [1.807, 2.05) is 19.2 Å². The van der Waals surface area contributed by atoms with Crippen LogP contribution in [0, 0.1) is 0 Å². The van der Waals surface area contributed by atoms with E-state index in [0.29, 0.717) is 6.04 Å². The van der Waals surface area contributed by atoms with E-state index in [0.717, 1.165) is 18.3 Å². The van der Waals surface area contributed by atoms with Crippen LogP contribution in [0.15, 0.2) is 41.4 Å². The van der Waals surface area contributed by atoms with Crippen molar-refractivity contribution in [2.45, 2.75) is 25.4 Å². The summed E-state index contributed by atoms with van der Waals surface area (Å²) in [7, 11) is 3.50. The molecule has 4 nitrogen and oxygen atoms in total. The number of aliphatic imine (C=N–C) groups is 1. The number of methoxy groups -OCH3 is 1. The van der Waals surface area contributed by atoms with Crippen molar-refractivity contribution >= 4 is 17.3 Å². The molecule has 1 saturated carbocycles. The maximum Gasteiger partial charge on any atom is 0.191 e. The van der Waals surface area contributed by atoms with Crippen molar-refractivity contribution in [2.24, 2.45) is 4.99 Å². The summed E-state index contributed by atoms with van der Waals surface area (Å²) in [6.45, 7) is 0.799. The summed E-state index contributed by atoms with van der Waals surface area (Å²) in [5.74, 6) is 1.78. The van der Waals surface area contributed by atoms with Crippen molar-refractivity contribution < 1.29 is 4.74 Å². The van der Waals surface area contributed by atoms with Crippen molar-refractivity contribution in [1.29, 1.82) is 0 Å². The molecule has 1 aliphatic rings. The van der Waals surface area contributed by atoms with Crippen LogP contribution >= 0.6 is 11.3 Å². The molecule has 0 saturated heterocycles. The molecule has 0 aliphatic heterocycles. The largest absolute Gasteiger partial charge is 0.497 e. The van der Waals surface area contributed by atoms with Gasteiger partial charge in [0, 0.05) is 22.8 Å². The summed E-state index contributed by atoms with van der Waals surface area (Å²) in [6.07, 6.45) is 2.50. The van der Waals surface area contributed by atoms with Gasteiger partial charge in [-0.15, -0.1) is 11.3 Å². The smallest absolute Gasteiger partial charge is 0.191 e. The number of thiophene rings is 1. The average molecular weight is 315 g/mol. The number of nitrogens with zero attached hydrogens (tertiary/aromatic N) is 1. The SMILES string of the molecule is CN=C(NCc1ccc(-c2ccc(OC)cc2)s1)NC1CC1. The van der Waals surface area contributed by atoms with E-state index in [1.54, 1.807) is 18.4 Å². The minimum atomic E-state index is 0.615. The first-order valence-electron chi connectivity index (χ1n) is 7.49. The Morgan fingerprint density at radius 2 is 2.00 bits per heavy atom. The lowest BCUT2D eigenvalue weighted by atomic mass is 10.2. The zero-order valence-corrected chi connectivity index (χ0v) is 13.7. The van der Waals surface area contributed by atoms with E-state index in [9.17, 15) is 0 Å². The Kier molecular flexibility index (Phi) is 4.63. The lowest BCUT2D eigenvalue weighted by molar-refractivity contribution is 0.415. The molecule has 1 heterocycles. The molecular weight excluding hydrogens is 294 g/mol. The number of benzene rings is 1. The molecule has 116 valence electrons. The number of guanidine groups is 1. The normalized spacial score (nSPS) is 14.7. The fraction of sp³-hybridized carbons (Fsp3) is 0.353. The topological polar surface area (TPSA) is 45.7 Å². The van der Waals surface area contributed by atoms with E-state index < -0.39 is 0 Å². The Bertz CT molecular complexity index is 644. The summed E-state index contributed by atoms with van der Waals surface area (Å²) in [4.78, 5) is 6.82. The lowest BCUT2D eigenvalue weighted by Gasteiger charge is -2.09. The molecule has 0 bridgehead atoms. The van der Waals surface area contributed by atoms with Gasteiger partial charge < -0.3 is 15.4 Å². The van der Waals surface area contributed by atoms with Crippen LogP contribution in [0.5, 0.6) is 5.75 Å². The molecule has 1 fully saturated rings. The Balaban J connectivity index is 1.60. The zero-order valence-electron chi connectivity index (χ0n) is 12.9. The van der Waals surface area contributed by atoms with Gasteiger partial charge in [0.05, 0.1) is 13.7 Å². The van der Waals surface area contributed by atoms with Crippen molar-refractivity contribution in [3.05, 3.63) is 41.3 Å². The van der Waals surface area contributed by atoms with Gasteiger partial charge in [-0.05, 0) is 54.8 Å². The molecule has 22 heavy (non-hydrogen) atoms. The third-order valence-electron chi connectivity index (χ3n) is 3.61. The summed E-state index contributed by atoms with van der Waals surface area (Å²) >= 11 is 1.80. The average Bonchev–Trinajstić information content (AvgIpc) is 3.26. The van der Waals surface area contributed by atoms with Crippen LogP contribution in [0.25, 0.3) is 10.4 Å². The minimum absolute atomic E-state index is 0.615. The Morgan fingerprint density at radius 1 is 1.23 bits per heavy atom. The minimum Gasteiger partial charge on any atom is -0.497 e. The highest BCUT2D eigenvalue weighted by molar-refractivity contribution is 7.15. The van der Waals surface area contributed by atoms with Gasteiger partial charge in [-0.25, -0.2) is 0 Å². The van der Waals surface area contributed by atoms with Crippen LogP contribution in [0.4, 0.5) is 0 Å². The highest BCUT2D eigenvalue weighted by atomic mass is 32.1. The molecule has 0 unspecified atom stereocenters. The molecule has 0 spiro atoms. The Hall–Kier alpha value is -2.01. The van der Waals surface area contributed by atoms with Gasteiger partial charge in [0.25, 0.3) is 0 Å². The Morgan fingerprint density at radius 3 is 2.64 bits per heavy atom. The van der Waals surface area contributed by atoms with E-state index >= 15 is 0 Å². The van der Waals surface area contributed by atoms with E-state index in [-0.39, 0.29) is 0 Å². The standard InChI is InChI=1S/C17H21N3OS/c1-18-17(20-13-5-6-13)19-11-15-9-10-16(22-15)12-3-7-14(21-2)8-4-12/h3-4,7-10,13H,5-6,11H2,1-2H3,(H2,18,19,20). The summed E-state index contributed by atoms with van der Waals surface area (Å²) in [5, 5.41) is 6.76. The molecule has 2 aromatic rings. The fourth-order valence-corrected chi connectivity index (χ4v) is 3.12. The van der Waals surface area contributed by atoms with Crippen LogP contribution < -0.4 is 15.4 Å².